The molecule has 2 aromatic heterocycles. The number of benzene rings is 1. The summed E-state index contributed by atoms with van der Waals surface area (Å²) in [5.74, 6) is -0.0508. The van der Waals surface area contributed by atoms with E-state index in [4.69, 9.17) is 9.47 Å². The fraction of sp³-hybridized carbons (Fsp3) is 0.435. The molecule has 1 saturated heterocycles. The molecule has 3 N–H and O–H groups in total. The molecule has 3 heterocycles. The van der Waals surface area contributed by atoms with E-state index in [1.165, 1.54) is 0 Å². The smallest absolute Gasteiger partial charge is 0.234 e. The number of fused-ring (bicyclic) bond motifs is 2. The van der Waals surface area contributed by atoms with Crippen molar-refractivity contribution < 1.29 is 14.6 Å². The van der Waals surface area contributed by atoms with Crippen LogP contribution in [0.1, 0.15) is 31.8 Å². The van der Waals surface area contributed by atoms with Crippen molar-refractivity contribution >= 4 is 16.7 Å². The summed E-state index contributed by atoms with van der Waals surface area (Å²) in [5, 5.41) is 23.9. The van der Waals surface area contributed by atoms with Crippen LogP contribution in [0.5, 0.6) is 0 Å². The Kier molecular flexibility index (Phi) is 4.70. The molecule has 0 bridgehead atoms. The average molecular weight is 419 g/mol. The van der Waals surface area contributed by atoms with Gasteiger partial charge < -0.3 is 24.9 Å². The van der Waals surface area contributed by atoms with Crippen LogP contribution in [0.2, 0.25) is 0 Å². The van der Waals surface area contributed by atoms with E-state index in [1.807, 2.05) is 51.1 Å². The van der Waals surface area contributed by atoms with Gasteiger partial charge in [-0.3, -0.25) is 0 Å². The Hall–Kier alpha value is -2.99. The first-order valence-corrected chi connectivity index (χ1v) is 10.5. The number of aromatic amines is 1. The molecule has 2 aliphatic rings. The van der Waals surface area contributed by atoms with Gasteiger partial charge >= 0.3 is 0 Å². The van der Waals surface area contributed by atoms with Gasteiger partial charge in [-0.15, -0.1) is 0 Å². The number of nitrogens with zero attached hydrogens (tertiary/aromatic N) is 3. The van der Waals surface area contributed by atoms with Crippen LogP contribution in [-0.4, -0.2) is 50.7 Å². The first-order chi connectivity index (χ1) is 14.9. The van der Waals surface area contributed by atoms with Gasteiger partial charge in [0.25, 0.3) is 0 Å². The highest BCUT2D eigenvalue weighted by atomic mass is 16.8. The predicted molar refractivity (Wildman–Crippen MR) is 115 cm³/mol. The third-order valence-electron chi connectivity index (χ3n) is 6.13. The Bertz CT molecular complexity index is 1150. The quantitative estimate of drug-likeness (QED) is 0.595. The summed E-state index contributed by atoms with van der Waals surface area (Å²) in [4.78, 5) is 12.3. The molecule has 0 radical (unpaired) electrons. The van der Waals surface area contributed by atoms with Crippen LogP contribution in [0.3, 0.4) is 0 Å². The second-order valence-electron chi connectivity index (χ2n) is 8.73. The second kappa shape index (κ2) is 7.31. The summed E-state index contributed by atoms with van der Waals surface area (Å²) in [5.41, 5.74) is 3.42. The first kappa shape index (κ1) is 19.9. The number of ether oxygens (including phenoxy) is 2. The number of hydrogen-bond donors (Lipinski definition) is 3. The maximum absolute atomic E-state index is 9.87. The van der Waals surface area contributed by atoms with E-state index in [1.54, 1.807) is 0 Å². The largest absolute Gasteiger partial charge is 0.396 e. The van der Waals surface area contributed by atoms with Crippen molar-refractivity contribution in [3.63, 3.8) is 0 Å². The number of aromatic nitrogens is 3. The lowest BCUT2D eigenvalue weighted by Gasteiger charge is -2.24. The SMILES string of the molecule is Cc1nc(C#N)nc(NC2CC(CO)C3OC(C)(C)OC23)c1-c1cc2ccccc2[nH]1. The van der Waals surface area contributed by atoms with Crippen molar-refractivity contribution in [1.29, 1.82) is 5.26 Å². The van der Waals surface area contributed by atoms with E-state index in [-0.39, 0.29) is 36.6 Å². The highest BCUT2D eigenvalue weighted by Gasteiger charge is 2.54. The van der Waals surface area contributed by atoms with E-state index in [0.29, 0.717) is 17.9 Å². The summed E-state index contributed by atoms with van der Waals surface area (Å²) in [7, 11) is 0. The Morgan fingerprint density at radius 1 is 1.26 bits per heavy atom. The molecule has 160 valence electrons. The van der Waals surface area contributed by atoms with Crippen molar-refractivity contribution in [2.45, 2.75) is 51.2 Å². The van der Waals surface area contributed by atoms with E-state index >= 15 is 0 Å². The number of aliphatic hydroxyl groups excluding tert-OH is 1. The van der Waals surface area contributed by atoms with Crippen molar-refractivity contribution in [1.82, 2.24) is 15.0 Å². The molecule has 2 fully saturated rings. The molecular weight excluding hydrogens is 394 g/mol. The van der Waals surface area contributed by atoms with Gasteiger partial charge in [-0.25, -0.2) is 9.97 Å². The molecule has 5 rings (SSSR count). The van der Waals surface area contributed by atoms with Crippen molar-refractivity contribution in [3.05, 3.63) is 41.9 Å². The van der Waals surface area contributed by atoms with Gasteiger partial charge in [0.05, 0.1) is 29.1 Å². The van der Waals surface area contributed by atoms with Gasteiger partial charge in [0.15, 0.2) is 5.79 Å². The van der Waals surface area contributed by atoms with E-state index in [9.17, 15) is 10.4 Å². The minimum atomic E-state index is -0.706. The van der Waals surface area contributed by atoms with Crippen LogP contribution < -0.4 is 5.32 Å². The van der Waals surface area contributed by atoms with Crippen molar-refractivity contribution in [2.75, 3.05) is 11.9 Å². The number of para-hydroxylation sites is 1. The number of H-pyrrole nitrogens is 1. The summed E-state index contributed by atoms with van der Waals surface area (Å²) in [6, 6.07) is 12.0. The van der Waals surface area contributed by atoms with Crippen molar-refractivity contribution in [2.24, 2.45) is 5.92 Å². The van der Waals surface area contributed by atoms with Gasteiger partial charge in [-0.05, 0) is 39.3 Å². The highest BCUT2D eigenvalue weighted by molar-refractivity contribution is 5.88. The number of hydrogen-bond acceptors (Lipinski definition) is 7. The monoisotopic (exact) mass is 419 g/mol. The van der Waals surface area contributed by atoms with Gasteiger partial charge in [-0.1, -0.05) is 18.2 Å². The fourth-order valence-corrected chi connectivity index (χ4v) is 4.84. The summed E-state index contributed by atoms with van der Waals surface area (Å²) in [6.07, 6.45) is 0.273. The molecule has 31 heavy (non-hydrogen) atoms. The maximum Gasteiger partial charge on any atom is 0.234 e. The standard InChI is InChI=1S/C23H25N5O3/c1-12-19(16-8-13-6-4-5-7-15(13)26-16)22(28-18(10-24)25-12)27-17-9-14(11-29)20-21(17)31-23(2,3)30-20/h4-8,14,17,20-21,26,29H,9,11H2,1-3H3,(H,25,27,28). The van der Waals surface area contributed by atoms with Crippen LogP contribution in [-0.2, 0) is 9.47 Å². The van der Waals surface area contributed by atoms with Crippen LogP contribution in [0.15, 0.2) is 30.3 Å². The lowest BCUT2D eigenvalue weighted by Crippen LogP contribution is -2.35. The molecule has 1 aliphatic carbocycles. The zero-order valence-corrected chi connectivity index (χ0v) is 17.7. The Morgan fingerprint density at radius 2 is 2.03 bits per heavy atom. The summed E-state index contributed by atoms with van der Waals surface area (Å²) < 4.78 is 12.2. The number of nitrogens with one attached hydrogen (secondary N) is 2. The number of anilines is 1. The lowest BCUT2D eigenvalue weighted by atomic mass is 10.1. The third-order valence-corrected chi connectivity index (χ3v) is 6.13. The number of aryl methyl sites for hydroxylation is 1. The Labute approximate surface area is 180 Å². The fourth-order valence-electron chi connectivity index (χ4n) is 4.84. The summed E-state index contributed by atoms with van der Waals surface area (Å²) in [6.45, 7) is 5.67. The third kappa shape index (κ3) is 3.45. The first-order valence-electron chi connectivity index (χ1n) is 10.5. The Balaban J connectivity index is 1.56. The minimum Gasteiger partial charge on any atom is -0.396 e. The van der Waals surface area contributed by atoms with Gasteiger partial charge in [0, 0.05) is 23.4 Å². The molecule has 0 amide bonds. The zero-order valence-electron chi connectivity index (χ0n) is 17.7. The molecule has 3 aromatic rings. The summed E-state index contributed by atoms with van der Waals surface area (Å²) >= 11 is 0. The highest BCUT2D eigenvalue weighted by Crippen LogP contribution is 2.43. The molecule has 8 nitrogen and oxygen atoms in total. The van der Waals surface area contributed by atoms with Crippen LogP contribution in [0.25, 0.3) is 22.2 Å². The second-order valence-corrected chi connectivity index (χ2v) is 8.73. The molecular formula is C23H25N5O3. The van der Waals surface area contributed by atoms with Crippen LogP contribution >= 0.6 is 0 Å². The molecule has 4 atom stereocenters. The number of aliphatic hydroxyl groups is 1. The molecule has 0 spiro atoms. The zero-order chi connectivity index (χ0) is 21.8. The van der Waals surface area contributed by atoms with Gasteiger partial charge in [-0.2, -0.15) is 5.26 Å². The maximum atomic E-state index is 9.87. The van der Waals surface area contributed by atoms with E-state index < -0.39 is 5.79 Å². The van der Waals surface area contributed by atoms with Crippen LogP contribution in [0, 0.1) is 24.2 Å². The van der Waals surface area contributed by atoms with Gasteiger partial charge in [0.2, 0.25) is 5.82 Å². The average Bonchev–Trinajstić information content (AvgIpc) is 3.38. The molecule has 1 aromatic carbocycles. The van der Waals surface area contributed by atoms with E-state index in [0.717, 1.165) is 22.2 Å². The molecule has 4 unspecified atom stereocenters. The topological polar surface area (TPSA) is 116 Å². The normalized spacial score (nSPS) is 26.7. The molecule has 8 heteroatoms. The molecule has 1 saturated carbocycles. The van der Waals surface area contributed by atoms with E-state index in [2.05, 4.69) is 26.3 Å². The van der Waals surface area contributed by atoms with Crippen molar-refractivity contribution in [3.8, 4) is 17.3 Å². The van der Waals surface area contributed by atoms with Gasteiger partial charge in [0.1, 0.15) is 18.0 Å². The lowest BCUT2D eigenvalue weighted by molar-refractivity contribution is -0.158. The Morgan fingerprint density at radius 3 is 2.77 bits per heavy atom. The minimum absolute atomic E-state index is 0.0277. The number of rotatable bonds is 4. The predicted octanol–water partition coefficient (Wildman–Crippen LogP) is 3.12. The number of nitriles is 1. The van der Waals surface area contributed by atoms with Crippen LogP contribution in [0.4, 0.5) is 5.82 Å². The molecule has 1 aliphatic heterocycles.